The molecule has 2 aromatic rings. The zero-order valence-corrected chi connectivity index (χ0v) is 20.7. The lowest BCUT2D eigenvalue weighted by molar-refractivity contribution is -0.912. The van der Waals surface area contributed by atoms with Gasteiger partial charge in [0.05, 0.1) is 5.56 Å². The maximum Gasteiger partial charge on any atom is 0.359 e. The fourth-order valence-corrected chi connectivity index (χ4v) is 5.89. The van der Waals surface area contributed by atoms with Crippen molar-refractivity contribution in [3.63, 3.8) is 0 Å². The molecule has 3 rings (SSSR count). The van der Waals surface area contributed by atoms with E-state index in [0.717, 1.165) is 37.1 Å². The van der Waals surface area contributed by atoms with Crippen LogP contribution in [0.4, 0.5) is 0 Å². The van der Waals surface area contributed by atoms with E-state index < -0.39 is 22.0 Å². The molecule has 1 aliphatic rings. The first-order valence-electron chi connectivity index (χ1n) is 11.3. The highest BCUT2D eigenvalue weighted by Crippen LogP contribution is 2.27. The number of unbranched alkanes of at least 4 members (excludes halogenated alkanes) is 3. The Balaban J connectivity index is 1.47. The number of carbonyl (C=O) groups excluding carboxylic acids is 2. The standard InChI is InChI=1S/C25H29ClN2O5S/c1-18(29)27-28(15-5-3-2-4-6-19-9-13-22(26)14-10-19)16-23(24(28)30)34(33)17-20-7-11-21(12-8-20)25(31)32/h7-14,23H,2-6,15-17H2,1H3,(H-,27,29,31,32)/p+1. The number of nitrogens with zero attached hydrogens (tertiary/aromatic N) is 1. The van der Waals surface area contributed by atoms with Gasteiger partial charge in [0, 0.05) is 28.5 Å². The summed E-state index contributed by atoms with van der Waals surface area (Å²) in [6.45, 7) is 2.18. The highest BCUT2D eigenvalue weighted by Gasteiger charge is 2.58. The molecule has 1 aliphatic heterocycles. The first kappa shape index (κ1) is 26.1. The van der Waals surface area contributed by atoms with Gasteiger partial charge in [0.1, 0.15) is 13.1 Å². The number of likely N-dealkylation sites (tertiary alicyclic amines) is 1. The van der Waals surface area contributed by atoms with Gasteiger partial charge in [-0.05, 0) is 61.1 Å². The monoisotopic (exact) mass is 505 g/mol. The molecule has 0 aromatic heterocycles. The number of aryl methyl sites for hydroxylation is 1. The fourth-order valence-electron chi connectivity index (χ4n) is 4.19. The smallest absolute Gasteiger partial charge is 0.359 e. The van der Waals surface area contributed by atoms with Gasteiger partial charge in [-0.15, -0.1) is 0 Å². The number of benzene rings is 2. The van der Waals surface area contributed by atoms with Crippen LogP contribution in [0.3, 0.4) is 0 Å². The quantitative estimate of drug-likeness (QED) is 0.259. The van der Waals surface area contributed by atoms with Gasteiger partial charge in [0.25, 0.3) is 5.91 Å². The Hall–Kier alpha value is -2.55. The van der Waals surface area contributed by atoms with E-state index in [0.29, 0.717) is 18.7 Å². The topological polar surface area (TPSA) is 101 Å². The molecule has 0 bridgehead atoms. The summed E-state index contributed by atoms with van der Waals surface area (Å²) in [4.78, 5) is 35.7. The molecule has 1 fully saturated rings. The molecule has 3 atom stereocenters. The van der Waals surface area contributed by atoms with Gasteiger partial charge >= 0.3 is 11.9 Å². The Morgan fingerprint density at radius 2 is 1.65 bits per heavy atom. The molecule has 2 aromatic carbocycles. The summed E-state index contributed by atoms with van der Waals surface area (Å²) in [5.41, 5.74) is 4.88. The maximum atomic E-state index is 13.0. The Kier molecular flexibility index (Phi) is 8.99. The number of quaternary nitrogens is 1. The van der Waals surface area contributed by atoms with Crippen LogP contribution in [0, 0.1) is 0 Å². The first-order chi connectivity index (χ1) is 16.2. The maximum absolute atomic E-state index is 13.0. The number of carboxylic acid groups (broad SMARTS) is 1. The minimum absolute atomic E-state index is 0.152. The molecule has 2 amide bonds. The molecule has 0 aliphatic carbocycles. The summed E-state index contributed by atoms with van der Waals surface area (Å²) < 4.78 is 12.7. The Morgan fingerprint density at radius 3 is 2.24 bits per heavy atom. The van der Waals surface area contributed by atoms with E-state index in [-0.39, 0.29) is 27.7 Å². The van der Waals surface area contributed by atoms with Crippen molar-refractivity contribution in [2.75, 3.05) is 13.1 Å². The van der Waals surface area contributed by atoms with E-state index in [9.17, 15) is 18.6 Å². The van der Waals surface area contributed by atoms with E-state index in [1.165, 1.54) is 24.6 Å². The van der Waals surface area contributed by atoms with Crippen molar-refractivity contribution in [1.82, 2.24) is 5.43 Å². The summed E-state index contributed by atoms with van der Waals surface area (Å²) >= 11 is 5.91. The van der Waals surface area contributed by atoms with Crippen LogP contribution in [0.5, 0.6) is 0 Å². The van der Waals surface area contributed by atoms with Crippen molar-refractivity contribution in [1.29, 1.82) is 0 Å². The molecule has 34 heavy (non-hydrogen) atoms. The molecule has 0 saturated carbocycles. The molecule has 3 unspecified atom stereocenters. The molecule has 1 saturated heterocycles. The zero-order chi connectivity index (χ0) is 24.7. The summed E-state index contributed by atoms with van der Waals surface area (Å²) in [6, 6.07) is 14.0. The molecular formula is C25H30ClN2O5S+. The van der Waals surface area contributed by atoms with Crippen LogP contribution in [0.25, 0.3) is 0 Å². The Labute approximate surface area is 207 Å². The highest BCUT2D eigenvalue weighted by molar-refractivity contribution is 7.85. The first-order valence-corrected chi connectivity index (χ1v) is 13.1. The summed E-state index contributed by atoms with van der Waals surface area (Å²) in [7, 11) is -1.44. The summed E-state index contributed by atoms with van der Waals surface area (Å²) in [5, 5.41) is 9.08. The van der Waals surface area contributed by atoms with Crippen molar-refractivity contribution in [3.05, 3.63) is 70.2 Å². The lowest BCUT2D eigenvalue weighted by atomic mass is 10.1. The lowest BCUT2D eigenvalue weighted by Gasteiger charge is -2.45. The third-order valence-electron chi connectivity index (χ3n) is 6.04. The largest absolute Gasteiger partial charge is 0.478 e. The van der Waals surface area contributed by atoms with E-state index in [4.69, 9.17) is 16.7 Å². The average Bonchev–Trinajstić information content (AvgIpc) is 2.80. The number of hydrogen-bond acceptors (Lipinski definition) is 4. The van der Waals surface area contributed by atoms with Gasteiger partial charge in [-0.3, -0.25) is 9.00 Å². The predicted molar refractivity (Wildman–Crippen MR) is 131 cm³/mol. The van der Waals surface area contributed by atoms with Gasteiger partial charge in [0.2, 0.25) is 5.25 Å². The number of halogens is 1. The van der Waals surface area contributed by atoms with E-state index in [1.54, 1.807) is 12.1 Å². The number of carboxylic acids is 1. The predicted octanol–water partition coefficient (Wildman–Crippen LogP) is 3.87. The number of nitrogens with one attached hydrogen (secondary N) is 1. The molecule has 182 valence electrons. The Bertz CT molecular complexity index is 1060. The number of aromatic carboxylic acids is 1. The second kappa shape index (κ2) is 11.7. The lowest BCUT2D eigenvalue weighted by Crippen LogP contribution is -2.78. The molecular weight excluding hydrogens is 476 g/mol. The van der Waals surface area contributed by atoms with E-state index in [1.807, 2.05) is 24.3 Å². The van der Waals surface area contributed by atoms with Gasteiger partial charge < -0.3 is 5.11 Å². The summed E-state index contributed by atoms with van der Waals surface area (Å²) in [6.07, 6.45) is 4.73. The zero-order valence-electron chi connectivity index (χ0n) is 19.2. The van der Waals surface area contributed by atoms with Crippen LogP contribution in [0.15, 0.2) is 48.5 Å². The Morgan fingerprint density at radius 1 is 1.03 bits per heavy atom. The van der Waals surface area contributed by atoms with Gasteiger partial charge in [-0.1, -0.05) is 42.3 Å². The molecule has 9 heteroatoms. The van der Waals surface area contributed by atoms with Crippen LogP contribution >= 0.6 is 11.6 Å². The number of amides is 2. The molecule has 1 heterocycles. The molecule has 2 N–H and O–H groups in total. The molecule has 0 spiro atoms. The van der Waals surface area contributed by atoms with Crippen LogP contribution < -0.4 is 5.43 Å². The second-order valence-corrected chi connectivity index (χ2v) is 10.7. The summed E-state index contributed by atoms with van der Waals surface area (Å²) in [5.74, 6) is -1.37. The second-order valence-electron chi connectivity index (χ2n) is 8.69. The van der Waals surface area contributed by atoms with E-state index in [2.05, 4.69) is 5.43 Å². The molecule has 7 nitrogen and oxygen atoms in total. The third kappa shape index (κ3) is 6.74. The van der Waals surface area contributed by atoms with Gasteiger partial charge in [-0.2, -0.15) is 10.0 Å². The number of β-lactam (4-membered cyclic amide) rings is 1. The van der Waals surface area contributed by atoms with Gasteiger partial charge in [0.15, 0.2) is 0 Å². The average molecular weight is 506 g/mol. The van der Waals surface area contributed by atoms with E-state index >= 15 is 0 Å². The van der Waals surface area contributed by atoms with Gasteiger partial charge in [-0.25, -0.2) is 9.59 Å². The minimum Gasteiger partial charge on any atom is -0.478 e. The van der Waals surface area contributed by atoms with Crippen LogP contribution in [-0.2, 0) is 32.6 Å². The highest BCUT2D eigenvalue weighted by atomic mass is 35.5. The van der Waals surface area contributed by atoms with Crippen molar-refractivity contribution >= 4 is 40.2 Å². The van der Waals surface area contributed by atoms with Crippen molar-refractivity contribution in [2.24, 2.45) is 0 Å². The van der Waals surface area contributed by atoms with Crippen molar-refractivity contribution in [2.45, 2.75) is 50.0 Å². The fraction of sp³-hybridized carbons (Fsp3) is 0.400. The third-order valence-corrected chi connectivity index (χ3v) is 7.90. The number of hydrogen-bond donors (Lipinski definition) is 2. The van der Waals surface area contributed by atoms with Crippen LogP contribution in [0.2, 0.25) is 5.02 Å². The number of carbonyl (C=O) groups is 3. The number of rotatable bonds is 12. The molecule has 0 radical (unpaired) electrons. The normalized spacial score (nSPS) is 20.4. The minimum atomic E-state index is -1.44. The van der Waals surface area contributed by atoms with Crippen LogP contribution in [-0.4, -0.2) is 50.0 Å². The SMILES string of the molecule is CC(=O)N[N+]1(CCCCCCc2ccc(Cl)cc2)CC(S(=O)Cc2ccc(C(=O)O)cc2)C1=O. The van der Waals surface area contributed by atoms with Crippen LogP contribution in [0.1, 0.15) is 54.1 Å². The van der Waals surface area contributed by atoms with Crippen molar-refractivity contribution < 1.29 is 28.3 Å². The van der Waals surface area contributed by atoms with Crippen molar-refractivity contribution in [3.8, 4) is 0 Å².